The highest BCUT2D eigenvalue weighted by Crippen LogP contribution is 2.26. The minimum absolute atomic E-state index is 0.274. The summed E-state index contributed by atoms with van der Waals surface area (Å²) in [5.74, 6) is 0.793. The van der Waals surface area contributed by atoms with Gasteiger partial charge in [0.15, 0.2) is 0 Å². The number of aromatic nitrogens is 1. The lowest BCUT2D eigenvalue weighted by Crippen LogP contribution is -2.13. The molecule has 0 fully saturated rings. The van der Waals surface area contributed by atoms with Gasteiger partial charge in [-0.3, -0.25) is 4.79 Å². The molecule has 1 amide bonds. The second-order valence-corrected chi connectivity index (χ2v) is 6.26. The molecule has 0 aliphatic rings. The molecule has 0 radical (unpaired) electrons. The largest absolute Gasteiger partial charge is 0.495 e. The number of nitrogens with one attached hydrogen (secondary N) is 3. The van der Waals surface area contributed by atoms with E-state index in [9.17, 15) is 4.79 Å². The van der Waals surface area contributed by atoms with E-state index in [1.165, 1.54) is 12.4 Å². The molecule has 0 bridgehead atoms. The predicted molar refractivity (Wildman–Crippen MR) is 99.0 cm³/mol. The van der Waals surface area contributed by atoms with Crippen molar-refractivity contribution in [2.24, 2.45) is 0 Å². The topological polar surface area (TPSA) is 87.1 Å². The summed E-state index contributed by atoms with van der Waals surface area (Å²) >= 11 is 2.21. The lowest BCUT2D eigenvalue weighted by molar-refractivity contribution is 0.102. The summed E-state index contributed by atoms with van der Waals surface area (Å²) in [6.45, 7) is 0. The molecule has 1 aromatic carbocycles. The normalized spacial score (nSPS) is 10.5. The summed E-state index contributed by atoms with van der Waals surface area (Å²) in [5.41, 5.74) is 1.97. The fraction of sp³-hybridized carbons (Fsp3) is 0.0714. The maximum Gasteiger partial charge on any atom is 0.256 e. The van der Waals surface area contributed by atoms with Crippen LogP contribution < -0.4 is 15.1 Å². The zero-order valence-electron chi connectivity index (χ0n) is 11.7. The number of carbonyl (C=O) groups excluding carboxylic acids is 1. The van der Waals surface area contributed by atoms with Gasteiger partial charge in [-0.2, -0.15) is 0 Å². The molecule has 3 N–H and O–H groups in total. The quantitative estimate of drug-likeness (QED) is 0.372. The number of methoxy groups -OCH3 is 1. The number of ether oxygens (including phenoxy) is 1. The molecule has 1 heterocycles. The van der Waals surface area contributed by atoms with E-state index >= 15 is 0 Å². The Kier molecular flexibility index (Phi) is 6.09. The minimum atomic E-state index is -0.274. The van der Waals surface area contributed by atoms with Gasteiger partial charge in [0.05, 0.1) is 13.3 Å². The second-order valence-electron chi connectivity index (χ2n) is 4.20. The van der Waals surface area contributed by atoms with E-state index in [0.29, 0.717) is 29.1 Å². The van der Waals surface area contributed by atoms with Crippen LogP contribution in [0.5, 0.6) is 5.75 Å². The molecule has 0 aliphatic carbocycles. The summed E-state index contributed by atoms with van der Waals surface area (Å²) in [7, 11) is 1.56. The van der Waals surface area contributed by atoms with E-state index in [1.54, 1.807) is 37.4 Å². The zero-order chi connectivity index (χ0) is 15.9. The van der Waals surface area contributed by atoms with Crippen LogP contribution in [0.4, 0.5) is 11.5 Å². The van der Waals surface area contributed by atoms with Crippen molar-refractivity contribution in [2.45, 2.75) is 0 Å². The molecule has 2 aromatic rings. The number of nitrogens with zero attached hydrogens (tertiary/aromatic N) is 1. The Bertz CT molecular complexity index is 679. The molecule has 0 saturated carbocycles. The van der Waals surface area contributed by atoms with Crippen LogP contribution in [-0.2, 0) is 0 Å². The number of carbonyl (C=O) groups is 1. The van der Waals surface area contributed by atoms with Gasteiger partial charge in [0, 0.05) is 29.4 Å². The van der Waals surface area contributed by atoms with E-state index < -0.39 is 0 Å². The van der Waals surface area contributed by atoms with Crippen molar-refractivity contribution >= 4 is 52.0 Å². The highest BCUT2D eigenvalue weighted by molar-refractivity contribution is 14.2. The molecular weight excluding hydrogens is 414 g/mol. The highest BCUT2D eigenvalue weighted by atomic mass is 127. The van der Waals surface area contributed by atoms with Gasteiger partial charge in [-0.15, -0.1) is 0 Å². The van der Waals surface area contributed by atoms with Gasteiger partial charge in [-0.1, -0.05) is 0 Å². The Morgan fingerprint density at radius 2 is 2.23 bits per heavy atom. The van der Waals surface area contributed by atoms with Crippen molar-refractivity contribution in [3.8, 4) is 5.75 Å². The van der Waals surface area contributed by atoms with Crippen LogP contribution in [0.15, 0.2) is 36.5 Å². The number of anilines is 2. The van der Waals surface area contributed by atoms with Crippen LogP contribution in [0.25, 0.3) is 0 Å². The zero-order valence-corrected chi connectivity index (χ0v) is 14.8. The summed E-state index contributed by atoms with van der Waals surface area (Å²) in [6, 6.07) is 8.57. The summed E-state index contributed by atoms with van der Waals surface area (Å²) in [4.78, 5) is 16.3. The molecule has 8 heteroatoms. The number of rotatable bonds is 6. The first kappa shape index (κ1) is 16.6. The van der Waals surface area contributed by atoms with Gasteiger partial charge in [0.1, 0.15) is 11.6 Å². The standard InChI is InChI=1S/C14H14IN4O2P/c1-21-11-3-5-13(17-8-11)18-14(20)9-2-4-12(19-22-15)10(6-9)7-16/h2-8,16,19,22H,1H3,(H,17,18,20). The number of hydrogen-bond acceptors (Lipinski definition) is 5. The summed E-state index contributed by atoms with van der Waals surface area (Å²) < 4.78 is 5.02. The van der Waals surface area contributed by atoms with Gasteiger partial charge in [0.25, 0.3) is 5.91 Å². The van der Waals surface area contributed by atoms with Gasteiger partial charge in [0.2, 0.25) is 0 Å². The molecule has 2 rings (SSSR count). The molecule has 22 heavy (non-hydrogen) atoms. The first-order valence-corrected chi connectivity index (χ1v) is 10.4. The average molecular weight is 428 g/mol. The number of halogens is 1. The van der Waals surface area contributed by atoms with Crippen molar-refractivity contribution in [1.82, 2.24) is 4.98 Å². The number of benzene rings is 1. The number of pyridine rings is 1. The fourth-order valence-corrected chi connectivity index (χ4v) is 2.95. The Balaban J connectivity index is 2.16. The third-order valence-electron chi connectivity index (χ3n) is 2.86. The third kappa shape index (κ3) is 4.14. The Morgan fingerprint density at radius 3 is 2.82 bits per heavy atom. The minimum Gasteiger partial charge on any atom is -0.495 e. The van der Waals surface area contributed by atoms with Crippen LogP contribution in [-0.4, -0.2) is 24.2 Å². The van der Waals surface area contributed by atoms with Crippen LogP contribution in [0.3, 0.4) is 0 Å². The first-order valence-electron chi connectivity index (χ1n) is 6.25. The molecule has 6 nitrogen and oxygen atoms in total. The summed E-state index contributed by atoms with van der Waals surface area (Å²) in [5, 5.41) is 13.3. The Hall–Kier alpha value is -1.73. The molecule has 0 spiro atoms. The van der Waals surface area contributed by atoms with Crippen LogP contribution in [0.2, 0.25) is 0 Å². The second kappa shape index (κ2) is 8.05. The SMILES string of the molecule is COc1ccc(NC(=O)c2ccc(NPI)c(C=N)c2)nc1. The lowest BCUT2D eigenvalue weighted by Gasteiger charge is -2.09. The van der Waals surface area contributed by atoms with E-state index in [-0.39, 0.29) is 5.91 Å². The fourth-order valence-electron chi connectivity index (χ4n) is 1.75. The molecule has 0 saturated heterocycles. The van der Waals surface area contributed by atoms with E-state index in [2.05, 4.69) is 37.4 Å². The van der Waals surface area contributed by atoms with E-state index in [4.69, 9.17) is 10.1 Å². The number of amides is 1. The lowest BCUT2D eigenvalue weighted by atomic mass is 10.1. The van der Waals surface area contributed by atoms with Gasteiger partial charge in [-0.25, -0.2) is 4.98 Å². The molecule has 114 valence electrons. The van der Waals surface area contributed by atoms with Crippen molar-refractivity contribution in [2.75, 3.05) is 17.5 Å². The highest BCUT2D eigenvalue weighted by Gasteiger charge is 2.09. The molecule has 1 atom stereocenters. The van der Waals surface area contributed by atoms with E-state index in [1.807, 2.05) is 0 Å². The molecular formula is C14H14IN4O2P. The Labute approximate surface area is 142 Å². The smallest absolute Gasteiger partial charge is 0.256 e. The van der Waals surface area contributed by atoms with Crippen molar-refractivity contribution in [3.05, 3.63) is 47.7 Å². The molecule has 1 aromatic heterocycles. The maximum absolute atomic E-state index is 12.2. The third-order valence-corrected chi connectivity index (χ3v) is 4.04. The average Bonchev–Trinajstić information content (AvgIpc) is 2.56. The monoisotopic (exact) mass is 428 g/mol. The number of hydrogen-bond donors (Lipinski definition) is 3. The van der Waals surface area contributed by atoms with Gasteiger partial charge >= 0.3 is 0 Å². The van der Waals surface area contributed by atoms with E-state index in [0.717, 1.165) is 5.69 Å². The first-order chi connectivity index (χ1) is 10.7. The molecule has 0 aliphatic heterocycles. The van der Waals surface area contributed by atoms with Crippen LogP contribution >= 0.6 is 28.4 Å². The maximum atomic E-state index is 12.2. The van der Waals surface area contributed by atoms with Crippen molar-refractivity contribution < 1.29 is 9.53 Å². The van der Waals surface area contributed by atoms with Crippen molar-refractivity contribution in [1.29, 1.82) is 5.41 Å². The van der Waals surface area contributed by atoms with Crippen LogP contribution in [0, 0.1) is 5.41 Å². The van der Waals surface area contributed by atoms with Gasteiger partial charge in [-0.05, 0) is 52.4 Å². The van der Waals surface area contributed by atoms with Gasteiger partial charge < -0.3 is 20.6 Å². The predicted octanol–water partition coefficient (Wildman–Crippen LogP) is 3.70. The summed E-state index contributed by atoms with van der Waals surface area (Å²) in [6.07, 6.45) is 3.25. The van der Waals surface area contributed by atoms with Crippen LogP contribution in [0.1, 0.15) is 15.9 Å². The Morgan fingerprint density at radius 1 is 1.41 bits per heavy atom. The molecule has 1 unspecified atom stereocenters. The van der Waals surface area contributed by atoms with Crippen molar-refractivity contribution in [3.63, 3.8) is 0 Å².